The van der Waals surface area contributed by atoms with Gasteiger partial charge < -0.3 is 19.7 Å². The van der Waals surface area contributed by atoms with Crippen molar-refractivity contribution in [3.05, 3.63) is 60.4 Å². The lowest BCUT2D eigenvalue weighted by atomic mass is 10.1. The summed E-state index contributed by atoms with van der Waals surface area (Å²) in [7, 11) is 1.65. The molecule has 0 saturated carbocycles. The SMILES string of the molecule is CCNC(=NCc1nc(-c2ccc(OC)cc2)n[nH]1)N1CCC(Oc2ccccc2)CC1. The second-order valence-electron chi connectivity index (χ2n) is 7.62. The number of hydrogen-bond acceptors (Lipinski definition) is 5. The number of ether oxygens (including phenoxy) is 2. The third kappa shape index (κ3) is 5.57. The van der Waals surface area contributed by atoms with Gasteiger partial charge in [0.25, 0.3) is 0 Å². The maximum atomic E-state index is 6.11. The van der Waals surface area contributed by atoms with E-state index >= 15 is 0 Å². The molecule has 1 aliphatic rings. The summed E-state index contributed by atoms with van der Waals surface area (Å²) in [6.07, 6.45) is 2.16. The molecule has 4 rings (SSSR count). The van der Waals surface area contributed by atoms with Crippen molar-refractivity contribution in [1.82, 2.24) is 25.4 Å². The Hall–Kier alpha value is -3.55. The minimum Gasteiger partial charge on any atom is -0.497 e. The van der Waals surface area contributed by atoms with Crippen molar-refractivity contribution in [2.45, 2.75) is 32.4 Å². The van der Waals surface area contributed by atoms with Crippen molar-refractivity contribution < 1.29 is 9.47 Å². The Balaban J connectivity index is 1.35. The van der Waals surface area contributed by atoms with Crippen molar-refractivity contribution >= 4 is 5.96 Å². The molecular weight excluding hydrogens is 404 g/mol. The number of benzene rings is 2. The van der Waals surface area contributed by atoms with Crippen molar-refractivity contribution in [1.29, 1.82) is 0 Å². The first-order valence-corrected chi connectivity index (χ1v) is 11.1. The number of aromatic amines is 1. The summed E-state index contributed by atoms with van der Waals surface area (Å²) in [4.78, 5) is 11.7. The minimum atomic E-state index is 0.234. The molecule has 0 aliphatic carbocycles. The lowest BCUT2D eigenvalue weighted by molar-refractivity contribution is 0.129. The number of hydrogen-bond donors (Lipinski definition) is 2. The fourth-order valence-electron chi connectivity index (χ4n) is 3.69. The summed E-state index contributed by atoms with van der Waals surface area (Å²) in [5, 5.41) is 10.7. The van der Waals surface area contributed by atoms with Crippen LogP contribution in [0.4, 0.5) is 0 Å². The number of para-hydroxylation sites is 1. The van der Waals surface area contributed by atoms with E-state index in [0.29, 0.717) is 12.4 Å². The molecule has 3 aromatic rings. The number of nitrogens with one attached hydrogen (secondary N) is 2. The quantitative estimate of drug-likeness (QED) is 0.437. The second-order valence-corrected chi connectivity index (χ2v) is 7.62. The molecule has 2 N–H and O–H groups in total. The molecule has 168 valence electrons. The Kier molecular flexibility index (Phi) is 7.22. The van der Waals surface area contributed by atoms with E-state index in [9.17, 15) is 0 Å². The molecule has 0 atom stereocenters. The molecule has 0 spiro atoms. The fraction of sp³-hybridized carbons (Fsp3) is 0.375. The molecule has 1 aliphatic heterocycles. The number of guanidine groups is 1. The molecule has 1 saturated heterocycles. The van der Waals surface area contributed by atoms with E-state index in [2.05, 4.69) is 32.3 Å². The first-order valence-electron chi connectivity index (χ1n) is 11.1. The van der Waals surface area contributed by atoms with E-state index < -0.39 is 0 Å². The molecule has 2 heterocycles. The molecule has 32 heavy (non-hydrogen) atoms. The van der Waals surface area contributed by atoms with Gasteiger partial charge in [-0.1, -0.05) is 18.2 Å². The monoisotopic (exact) mass is 434 g/mol. The molecule has 2 aromatic carbocycles. The number of piperidine rings is 1. The number of likely N-dealkylation sites (tertiary alicyclic amines) is 1. The average molecular weight is 435 g/mol. The van der Waals surface area contributed by atoms with Gasteiger partial charge in [-0.15, -0.1) is 0 Å². The minimum absolute atomic E-state index is 0.234. The summed E-state index contributed by atoms with van der Waals surface area (Å²) in [5.41, 5.74) is 0.935. The van der Waals surface area contributed by atoms with Crippen molar-refractivity contribution in [2.75, 3.05) is 26.7 Å². The zero-order valence-electron chi connectivity index (χ0n) is 18.6. The van der Waals surface area contributed by atoms with E-state index in [1.54, 1.807) is 7.11 Å². The highest BCUT2D eigenvalue weighted by Gasteiger charge is 2.22. The maximum Gasteiger partial charge on any atom is 0.194 e. The smallest absolute Gasteiger partial charge is 0.194 e. The number of aromatic nitrogens is 3. The third-order valence-corrected chi connectivity index (χ3v) is 5.38. The van der Waals surface area contributed by atoms with Gasteiger partial charge in [0.2, 0.25) is 0 Å². The Morgan fingerprint density at radius 2 is 1.84 bits per heavy atom. The highest BCUT2D eigenvalue weighted by Crippen LogP contribution is 2.20. The van der Waals surface area contributed by atoms with Gasteiger partial charge in [-0.25, -0.2) is 9.98 Å². The van der Waals surface area contributed by atoms with Crippen LogP contribution in [0.15, 0.2) is 59.6 Å². The van der Waals surface area contributed by atoms with Gasteiger partial charge in [-0.3, -0.25) is 5.10 Å². The van der Waals surface area contributed by atoms with Crippen LogP contribution in [0, 0.1) is 0 Å². The Morgan fingerprint density at radius 3 is 2.53 bits per heavy atom. The fourth-order valence-corrected chi connectivity index (χ4v) is 3.69. The highest BCUT2D eigenvalue weighted by molar-refractivity contribution is 5.80. The van der Waals surface area contributed by atoms with Crippen LogP contribution in [0.3, 0.4) is 0 Å². The van der Waals surface area contributed by atoms with Gasteiger partial charge in [0, 0.05) is 38.0 Å². The van der Waals surface area contributed by atoms with Crippen molar-refractivity contribution in [3.63, 3.8) is 0 Å². The largest absolute Gasteiger partial charge is 0.497 e. The predicted octanol–water partition coefficient (Wildman–Crippen LogP) is 3.49. The number of methoxy groups -OCH3 is 1. The highest BCUT2D eigenvalue weighted by atomic mass is 16.5. The number of aliphatic imine (C=N–C) groups is 1. The standard InChI is InChI=1S/C24H30N6O2/c1-3-25-24(30-15-13-21(14-16-30)32-20-7-5-4-6-8-20)26-17-22-27-23(29-28-22)18-9-11-19(31-2)12-10-18/h4-12,21H,3,13-17H2,1-2H3,(H,25,26)(H,27,28,29). The Bertz CT molecular complexity index is 995. The molecule has 0 bridgehead atoms. The van der Waals surface area contributed by atoms with Gasteiger partial charge >= 0.3 is 0 Å². The van der Waals surface area contributed by atoms with E-state index in [-0.39, 0.29) is 6.10 Å². The third-order valence-electron chi connectivity index (χ3n) is 5.38. The Morgan fingerprint density at radius 1 is 1.09 bits per heavy atom. The van der Waals surface area contributed by atoms with Crippen LogP contribution in [0.5, 0.6) is 11.5 Å². The average Bonchev–Trinajstić information content (AvgIpc) is 3.32. The van der Waals surface area contributed by atoms with Crippen LogP contribution >= 0.6 is 0 Å². The summed E-state index contributed by atoms with van der Waals surface area (Å²) in [6.45, 7) is 5.13. The van der Waals surface area contributed by atoms with Crippen LogP contribution in [0.25, 0.3) is 11.4 Å². The van der Waals surface area contributed by atoms with Crippen molar-refractivity contribution in [2.24, 2.45) is 4.99 Å². The zero-order chi connectivity index (χ0) is 22.2. The number of nitrogens with zero attached hydrogens (tertiary/aromatic N) is 4. The summed E-state index contributed by atoms with van der Waals surface area (Å²) in [6, 6.07) is 17.7. The van der Waals surface area contributed by atoms with Gasteiger partial charge in [0.05, 0.1) is 7.11 Å². The van der Waals surface area contributed by atoms with Crippen LogP contribution in [-0.4, -0.2) is 58.9 Å². The first kappa shape index (κ1) is 21.7. The molecule has 0 unspecified atom stereocenters. The molecular formula is C24H30N6O2. The number of H-pyrrole nitrogens is 1. The predicted molar refractivity (Wildman–Crippen MR) is 125 cm³/mol. The molecule has 1 fully saturated rings. The van der Waals surface area contributed by atoms with Gasteiger partial charge in [0.15, 0.2) is 11.8 Å². The van der Waals surface area contributed by atoms with Gasteiger partial charge in [0.1, 0.15) is 30.0 Å². The van der Waals surface area contributed by atoms with Gasteiger partial charge in [-0.2, -0.15) is 5.10 Å². The molecule has 0 amide bonds. The summed E-state index contributed by atoms with van der Waals surface area (Å²) < 4.78 is 11.3. The van der Waals surface area contributed by atoms with E-state index in [0.717, 1.165) is 61.3 Å². The van der Waals surface area contributed by atoms with E-state index in [1.807, 2.05) is 54.6 Å². The van der Waals surface area contributed by atoms with Crippen LogP contribution in [0.2, 0.25) is 0 Å². The summed E-state index contributed by atoms with van der Waals surface area (Å²) in [5.74, 6) is 4.02. The first-order chi connectivity index (χ1) is 15.7. The molecule has 0 radical (unpaired) electrons. The van der Waals surface area contributed by atoms with Crippen LogP contribution in [-0.2, 0) is 6.54 Å². The topological polar surface area (TPSA) is 87.7 Å². The normalized spacial score (nSPS) is 14.9. The lowest BCUT2D eigenvalue weighted by Crippen LogP contribution is -2.47. The molecule has 1 aromatic heterocycles. The molecule has 8 heteroatoms. The second kappa shape index (κ2) is 10.7. The zero-order valence-corrected chi connectivity index (χ0v) is 18.6. The van der Waals surface area contributed by atoms with Crippen molar-refractivity contribution in [3.8, 4) is 22.9 Å². The van der Waals surface area contributed by atoms with E-state index in [4.69, 9.17) is 14.5 Å². The van der Waals surface area contributed by atoms with E-state index in [1.165, 1.54) is 0 Å². The number of rotatable bonds is 7. The van der Waals surface area contributed by atoms with Crippen LogP contribution < -0.4 is 14.8 Å². The molecule has 8 nitrogen and oxygen atoms in total. The summed E-state index contributed by atoms with van der Waals surface area (Å²) >= 11 is 0. The lowest BCUT2D eigenvalue weighted by Gasteiger charge is -2.34. The maximum absolute atomic E-state index is 6.11. The van der Waals surface area contributed by atoms with Gasteiger partial charge in [-0.05, 0) is 43.3 Å². The van der Waals surface area contributed by atoms with Crippen LogP contribution in [0.1, 0.15) is 25.6 Å². The Labute approximate surface area is 188 Å².